The zero-order valence-corrected chi connectivity index (χ0v) is 19.6. The Bertz CT molecular complexity index is 1200. The van der Waals surface area contributed by atoms with Crippen molar-refractivity contribution in [3.63, 3.8) is 0 Å². The van der Waals surface area contributed by atoms with E-state index in [0.717, 1.165) is 29.7 Å². The average molecular weight is 464 g/mol. The number of carbonyl (C=O) groups is 1. The summed E-state index contributed by atoms with van der Waals surface area (Å²) in [4.78, 5) is 15.2. The van der Waals surface area contributed by atoms with Gasteiger partial charge in [-0.25, -0.2) is 8.42 Å². The van der Waals surface area contributed by atoms with E-state index >= 15 is 0 Å². The van der Waals surface area contributed by atoms with Gasteiger partial charge < -0.3 is 9.47 Å². The van der Waals surface area contributed by atoms with Gasteiger partial charge in [-0.1, -0.05) is 60.7 Å². The van der Waals surface area contributed by atoms with Crippen LogP contribution in [0.4, 0.5) is 0 Å². The fraction of sp³-hybridized carbons (Fsp3) is 0.269. The van der Waals surface area contributed by atoms with Crippen LogP contribution >= 0.6 is 0 Å². The first-order valence-electron chi connectivity index (χ1n) is 11.1. The van der Waals surface area contributed by atoms with Gasteiger partial charge in [-0.3, -0.25) is 4.79 Å². The number of hydrogen-bond acceptors (Lipinski definition) is 3. The van der Waals surface area contributed by atoms with Gasteiger partial charge in [0.15, 0.2) is 0 Å². The first kappa shape index (κ1) is 23.0. The van der Waals surface area contributed by atoms with E-state index in [-0.39, 0.29) is 18.5 Å². The Morgan fingerprint density at radius 2 is 1.64 bits per heavy atom. The first-order valence-corrected chi connectivity index (χ1v) is 12.6. The van der Waals surface area contributed by atoms with E-state index in [1.807, 2.05) is 90.6 Å². The van der Waals surface area contributed by atoms with E-state index in [9.17, 15) is 13.2 Å². The monoisotopic (exact) mass is 463 g/mol. The van der Waals surface area contributed by atoms with Gasteiger partial charge in [0.1, 0.15) is 0 Å². The Hall–Kier alpha value is -3.16. The number of carbonyl (C=O) groups excluding carboxylic acids is 1. The van der Waals surface area contributed by atoms with Gasteiger partial charge in [0.05, 0.1) is 13.1 Å². The molecule has 1 aromatic heterocycles. The summed E-state index contributed by atoms with van der Waals surface area (Å²) in [7, 11) is -1.79. The summed E-state index contributed by atoms with van der Waals surface area (Å²) < 4.78 is 29.6. The summed E-state index contributed by atoms with van der Waals surface area (Å²) in [6.07, 6.45) is 5.08. The lowest BCUT2D eigenvalue weighted by molar-refractivity contribution is -0.132. The second kappa shape index (κ2) is 10.2. The largest absolute Gasteiger partial charge is 0.353 e. The minimum absolute atomic E-state index is 0.118. The molecule has 0 spiro atoms. The van der Waals surface area contributed by atoms with Crippen molar-refractivity contribution >= 4 is 22.0 Å². The summed E-state index contributed by atoms with van der Waals surface area (Å²) in [5.41, 5.74) is 2.80. The Morgan fingerprint density at radius 1 is 0.970 bits per heavy atom. The number of amides is 1. The number of rotatable bonds is 10. The van der Waals surface area contributed by atoms with Crippen LogP contribution in [0.5, 0.6) is 0 Å². The summed E-state index contributed by atoms with van der Waals surface area (Å²) >= 11 is 0. The molecule has 0 bridgehead atoms. The van der Waals surface area contributed by atoms with Crippen LogP contribution in [0.15, 0.2) is 84.4 Å². The third-order valence-corrected chi connectivity index (χ3v) is 7.34. The highest BCUT2D eigenvalue weighted by Crippen LogP contribution is 2.30. The minimum atomic E-state index is -3.73. The molecule has 33 heavy (non-hydrogen) atoms. The Balaban J connectivity index is 1.54. The summed E-state index contributed by atoms with van der Waals surface area (Å²) in [5.74, 6) is -0.205. The van der Waals surface area contributed by atoms with Gasteiger partial charge in [0.2, 0.25) is 15.9 Å². The van der Waals surface area contributed by atoms with Crippen LogP contribution in [-0.2, 0) is 35.0 Å². The third kappa shape index (κ3) is 6.21. The number of hydrogen-bond donors (Lipinski definition) is 0. The van der Waals surface area contributed by atoms with Crippen molar-refractivity contribution in [2.45, 2.75) is 32.0 Å². The molecule has 0 atom stereocenters. The van der Waals surface area contributed by atoms with Gasteiger partial charge in [0.25, 0.3) is 0 Å². The molecule has 1 aliphatic rings. The smallest absolute Gasteiger partial charge is 0.238 e. The molecular weight excluding hydrogens is 434 g/mol. The Morgan fingerprint density at radius 3 is 2.24 bits per heavy atom. The van der Waals surface area contributed by atoms with Gasteiger partial charge in [-0.15, -0.1) is 0 Å². The molecule has 6 nitrogen and oxygen atoms in total. The van der Waals surface area contributed by atoms with E-state index in [2.05, 4.69) is 0 Å². The SMILES string of the molecule is Cn1cccc1CN(Cc1ccccc1)C(=O)CN(C1CC1)S(=O)(=O)C=Cc1ccccc1. The van der Waals surface area contributed by atoms with Crippen LogP contribution in [-0.4, -0.2) is 40.7 Å². The molecule has 1 saturated carbocycles. The number of nitrogens with zero attached hydrogens (tertiary/aromatic N) is 3. The van der Waals surface area contributed by atoms with Gasteiger partial charge in [-0.2, -0.15) is 4.31 Å². The Labute approximate surface area is 195 Å². The second-order valence-corrected chi connectivity index (χ2v) is 10.2. The molecule has 3 aromatic rings. The number of aromatic nitrogens is 1. The van der Waals surface area contributed by atoms with E-state index in [0.29, 0.717) is 13.1 Å². The average Bonchev–Trinajstić information content (AvgIpc) is 3.58. The topological polar surface area (TPSA) is 62.6 Å². The Kier molecular flexibility index (Phi) is 7.11. The van der Waals surface area contributed by atoms with E-state index in [1.54, 1.807) is 11.0 Å². The molecule has 0 unspecified atom stereocenters. The molecule has 1 amide bonds. The van der Waals surface area contributed by atoms with Gasteiger partial charge in [0, 0.05) is 36.9 Å². The fourth-order valence-corrected chi connectivity index (χ4v) is 5.12. The maximum atomic E-state index is 13.4. The maximum Gasteiger partial charge on any atom is 0.238 e. The van der Waals surface area contributed by atoms with E-state index < -0.39 is 10.0 Å². The molecule has 0 N–H and O–H groups in total. The van der Waals surface area contributed by atoms with Crippen LogP contribution in [0, 0.1) is 0 Å². The fourth-order valence-electron chi connectivity index (χ4n) is 3.72. The van der Waals surface area contributed by atoms with Crippen molar-refractivity contribution in [2.24, 2.45) is 7.05 Å². The molecule has 2 aromatic carbocycles. The van der Waals surface area contributed by atoms with Crippen molar-refractivity contribution in [2.75, 3.05) is 6.54 Å². The highest BCUT2D eigenvalue weighted by molar-refractivity contribution is 7.92. The van der Waals surface area contributed by atoms with Crippen molar-refractivity contribution in [3.05, 3.63) is 101 Å². The highest BCUT2D eigenvalue weighted by Gasteiger charge is 2.38. The summed E-state index contributed by atoms with van der Waals surface area (Å²) in [6, 6.07) is 22.9. The molecular formula is C26H29N3O3S. The third-order valence-electron chi connectivity index (χ3n) is 5.78. The minimum Gasteiger partial charge on any atom is -0.353 e. The zero-order valence-electron chi connectivity index (χ0n) is 18.7. The predicted octanol–water partition coefficient (Wildman–Crippen LogP) is 4.02. The molecule has 0 aliphatic heterocycles. The number of aryl methyl sites for hydroxylation is 1. The van der Waals surface area contributed by atoms with Crippen LogP contribution in [0.3, 0.4) is 0 Å². The number of benzene rings is 2. The molecule has 1 aliphatic carbocycles. The second-order valence-electron chi connectivity index (χ2n) is 8.38. The summed E-state index contributed by atoms with van der Waals surface area (Å²) in [5, 5.41) is 1.21. The number of sulfonamides is 1. The zero-order chi connectivity index (χ0) is 23.3. The van der Waals surface area contributed by atoms with Gasteiger partial charge >= 0.3 is 0 Å². The highest BCUT2D eigenvalue weighted by atomic mass is 32.2. The normalized spacial score (nSPS) is 14.1. The molecule has 7 heteroatoms. The molecule has 172 valence electrons. The van der Waals surface area contributed by atoms with E-state index in [1.165, 1.54) is 9.71 Å². The van der Waals surface area contributed by atoms with Crippen LogP contribution in [0.2, 0.25) is 0 Å². The lowest BCUT2D eigenvalue weighted by atomic mass is 10.2. The molecule has 0 radical (unpaired) electrons. The molecule has 0 saturated heterocycles. The maximum absolute atomic E-state index is 13.4. The first-order chi connectivity index (χ1) is 15.9. The van der Waals surface area contributed by atoms with Crippen LogP contribution in [0.1, 0.15) is 29.7 Å². The molecule has 1 heterocycles. The lowest BCUT2D eigenvalue weighted by Gasteiger charge is -2.27. The van der Waals surface area contributed by atoms with E-state index in [4.69, 9.17) is 0 Å². The van der Waals surface area contributed by atoms with Crippen molar-refractivity contribution in [3.8, 4) is 0 Å². The predicted molar refractivity (Wildman–Crippen MR) is 130 cm³/mol. The molecule has 1 fully saturated rings. The quantitative estimate of drug-likeness (QED) is 0.456. The van der Waals surface area contributed by atoms with Crippen LogP contribution in [0.25, 0.3) is 6.08 Å². The lowest BCUT2D eigenvalue weighted by Crippen LogP contribution is -2.43. The summed E-state index contributed by atoms with van der Waals surface area (Å²) in [6.45, 7) is 0.669. The molecule has 4 rings (SSSR count). The van der Waals surface area contributed by atoms with Crippen molar-refractivity contribution in [1.29, 1.82) is 0 Å². The van der Waals surface area contributed by atoms with Crippen molar-refractivity contribution < 1.29 is 13.2 Å². The van der Waals surface area contributed by atoms with Crippen molar-refractivity contribution in [1.82, 2.24) is 13.8 Å². The standard InChI is InChI=1S/C26H29N3O3S/c1-27-17-8-13-25(27)20-28(19-23-11-6-3-7-12-23)26(30)21-29(24-14-15-24)33(31,32)18-16-22-9-4-2-5-10-22/h2-13,16-18,24H,14-15,19-21H2,1H3. The van der Waals surface area contributed by atoms with Gasteiger partial charge in [-0.05, 0) is 42.2 Å². The van der Waals surface area contributed by atoms with Crippen LogP contribution < -0.4 is 0 Å².